The summed E-state index contributed by atoms with van der Waals surface area (Å²) >= 11 is 0. The van der Waals surface area contributed by atoms with Gasteiger partial charge in [-0.1, -0.05) is 26.0 Å². The minimum Gasteiger partial charge on any atom is -0.356 e. The van der Waals surface area contributed by atoms with Gasteiger partial charge in [0.05, 0.1) is 5.69 Å². The zero-order valence-electron chi connectivity index (χ0n) is 18.0. The van der Waals surface area contributed by atoms with Gasteiger partial charge in [-0.05, 0) is 49.4 Å². The topological polar surface area (TPSA) is 76.6 Å². The Morgan fingerprint density at radius 1 is 1.10 bits per heavy atom. The summed E-state index contributed by atoms with van der Waals surface area (Å²) in [5, 5.41) is 16.4. The second kappa shape index (κ2) is 8.26. The number of fused-ring (bicyclic) bond motifs is 3. The number of nitrogens with zero attached hydrogens (tertiary/aromatic N) is 5. The second-order valence-corrected chi connectivity index (χ2v) is 8.30. The zero-order chi connectivity index (χ0) is 21.3. The summed E-state index contributed by atoms with van der Waals surface area (Å²) in [4.78, 5) is 12.1. The Bertz CT molecular complexity index is 1200. The molecule has 0 fully saturated rings. The molecule has 3 aromatic heterocycles. The van der Waals surface area contributed by atoms with Crippen LogP contribution in [0, 0.1) is 19.8 Å². The lowest BCUT2D eigenvalue weighted by molar-refractivity contribution is -0.121. The molecule has 0 saturated carbocycles. The van der Waals surface area contributed by atoms with E-state index in [1.165, 1.54) is 11.1 Å². The number of nitrogens with one attached hydrogen (secondary N) is 1. The van der Waals surface area contributed by atoms with Crippen LogP contribution in [0.15, 0.2) is 36.7 Å². The van der Waals surface area contributed by atoms with Crippen molar-refractivity contribution >= 4 is 17.1 Å². The predicted molar refractivity (Wildman–Crippen MR) is 117 cm³/mol. The van der Waals surface area contributed by atoms with E-state index >= 15 is 0 Å². The lowest BCUT2D eigenvalue weighted by Gasteiger charge is -2.06. The van der Waals surface area contributed by atoms with Crippen LogP contribution in [0.4, 0.5) is 0 Å². The van der Waals surface area contributed by atoms with E-state index in [1.54, 1.807) is 0 Å². The molecule has 0 aliphatic rings. The largest absolute Gasteiger partial charge is 0.356 e. The SMILES string of the molecule is Cc1ccc(-c2cc3c4nnc(CCC(=O)NCCC(C)C)n4ccn3n2)cc1C. The van der Waals surface area contributed by atoms with Crippen LogP contribution in [0.1, 0.15) is 43.6 Å². The van der Waals surface area contributed by atoms with Crippen molar-refractivity contribution in [3.05, 3.63) is 53.6 Å². The van der Waals surface area contributed by atoms with E-state index in [0.717, 1.165) is 41.2 Å². The Kier molecular flexibility index (Phi) is 5.53. The van der Waals surface area contributed by atoms with Crippen molar-refractivity contribution in [1.82, 2.24) is 29.5 Å². The maximum atomic E-state index is 12.1. The van der Waals surface area contributed by atoms with Gasteiger partial charge in [0.25, 0.3) is 0 Å². The van der Waals surface area contributed by atoms with Crippen LogP contribution in [0.2, 0.25) is 0 Å². The van der Waals surface area contributed by atoms with Crippen molar-refractivity contribution < 1.29 is 4.79 Å². The van der Waals surface area contributed by atoms with Gasteiger partial charge < -0.3 is 5.32 Å². The molecule has 156 valence electrons. The van der Waals surface area contributed by atoms with Crippen LogP contribution < -0.4 is 5.32 Å². The maximum absolute atomic E-state index is 12.1. The van der Waals surface area contributed by atoms with Gasteiger partial charge >= 0.3 is 0 Å². The highest BCUT2D eigenvalue weighted by Crippen LogP contribution is 2.24. The average Bonchev–Trinajstić information content (AvgIpc) is 3.31. The number of carbonyl (C=O) groups excluding carboxylic acids is 1. The highest BCUT2D eigenvalue weighted by Gasteiger charge is 2.14. The van der Waals surface area contributed by atoms with Gasteiger partial charge in [-0.15, -0.1) is 10.2 Å². The fourth-order valence-electron chi connectivity index (χ4n) is 3.49. The zero-order valence-corrected chi connectivity index (χ0v) is 18.0. The van der Waals surface area contributed by atoms with Gasteiger partial charge in [0.2, 0.25) is 5.91 Å². The van der Waals surface area contributed by atoms with Crippen LogP contribution in [0.25, 0.3) is 22.4 Å². The molecule has 4 rings (SSSR count). The quantitative estimate of drug-likeness (QED) is 0.509. The normalized spacial score (nSPS) is 11.6. The molecule has 0 spiro atoms. The molecule has 4 aromatic rings. The van der Waals surface area contributed by atoms with Crippen molar-refractivity contribution in [2.45, 2.75) is 47.0 Å². The van der Waals surface area contributed by atoms with E-state index in [0.29, 0.717) is 18.8 Å². The van der Waals surface area contributed by atoms with E-state index < -0.39 is 0 Å². The summed E-state index contributed by atoms with van der Waals surface area (Å²) in [6.07, 6.45) is 5.75. The van der Waals surface area contributed by atoms with Crippen molar-refractivity contribution in [3.8, 4) is 11.3 Å². The number of hydrogen-bond donors (Lipinski definition) is 1. The van der Waals surface area contributed by atoms with Crippen LogP contribution >= 0.6 is 0 Å². The molecule has 1 amide bonds. The molecule has 1 aromatic carbocycles. The third kappa shape index (κ3) is 4.06. The van der Waals surface area contributed by atoms with Crippen LogP contribution in [-0.4, -0.2) is 36.7 Å². The summed E-state index contributed by atoms with van der Waals surface area (Å²) in [7, 11) is 0. The van der Waals surface area contributed by atoms with E-state index in [-0.39, 0.29) is 5.91 Å². The Labute approximate surface area is 176 Å². The Hall–Kier alpha value is -3.22. The molecule has 0 saturated heterocycles. The fraction of sp³-hybridized carbons (Fsp3) is 0.391. The molecular weight excluding hydrogens is 376 g/mol. The summed E-state index contributed by atoms with van der Waals surface area (Å²) in [5.41, 5.74) is 6.13. The van der Waals surface area contributed by atoms with E-state index in [4.69, 9.17) is 5.10 Å². The molecule has 0 atom stereocenters. The molecule has 0 unspecified atom stereocenters. The first-order valence-corrected chi connectivity index (χ1v) is 10.5. The lowest BCUT2D eigenvalue weighted by Crippen LogP contribution is -2.25. The average molecular weight is 405 g/mol. The molecular formula is C23H28N6O. The van der Waals surface area contributed by atoms with Crippen LogP contribution in [0.5, 0.6) is 0 Å². The molecule has 0 bridgehead atoms. The Morgan fingerprint density at radius 3 is 2.70 bits per heavy atom. The number of amides is 1. The standard InChI is InChI=1S/C23H28N6O/c1-15(2)9-10-24-22(30)8-7-21-25-26-23-20-14-19(27-29(20)12-11-28(21)23)18-6-5-16(3)17(4)13-18/h5-6,11-15H,7-10H2,1-4H3,(H,24,30). The van der Waals surface area contributed by atoms with Gasteiger partial charge in [-0.2, -0.15) is 5.10 Å². The van der Waals surface area contributed by atoms with Crippen molar-refractivity contribution in [1.29, 1.82) is 0 Å². The summed E-state index contributed by atoms with van der Waals surface area (Å²) in [6, 6.07) is 8.40. The van der Waals surface area contributed by atoms with E-state index in [1.807, 2.05) is 27.4 Å². The molecule has 7 heteroatoms. The Balaban J connectivity index is 1.55. The van der Waals surface area contributed by atoms with Crippen molar-refractivity contribution in [2.75, 3.05) is 6.54 Å². The predicted octanol–water partition coefficient (Wildman–Crippen LogP) is 3.76. The van der Waals surface area contributed by atoms with Gasteiger partial charge in [0.15, 0.2) is 5.65 Å². The minimum atomic E-state index is 0.0508. The number of aromatic nitrogens is 5. The number of hydrogen-bond acceptors (Lipinski definition) is 4. The molecule has 3 heterocycles. The van der Waals surface area contributed by atoms with Gasteiger partial charge in [0, 0.05) is 37.3 Å². The maximum Gasteiger partial charge on any atom is 0.220 e. The van der Waals surface area contributed by atoms with E-state index in [2.05, 4.69) is 61.4 Å². The summed E-state index contributed by atoms with van der Waals surface area (Å²) < 4.78 is 3.78. The van der Waals surface area contributed by atoms with Crippen molar-refractivity contribution in [2.24, 2.45) is 5.92 Å². The number of aryl methyl sites for hydroxylation is 3. The van der Waals surface area contributed by atoms with Crippen LogP contribution in [-0.2, 0) is 11.2 Å². The summed E-state index contributed by atoms with van der Waals surface area (Å²) in [6.45, 7) is 9.23. The molecule has 7 nitrogen and oxygen atoms in total. The summed E-state index contributed by atoms with van der Waals surface area (Å²) in [5.74, 6) is 1.41. The fourth-order valence-corrected chi connectivity index (χ4v) is 3.49. The Morgan fingerprint density at radius 2 is 1.93 bits per heavy atom. The highest BCUT2D eigenvalue weighted by atomic mass is 16.1. The monoisotopic (exact) mass is 404 g/mol. The van der Waals surface area contributed by atoms with Crippen LogP contribution in [0.3, 0.4) is 0 Å². The van der Waals surface area contributed by atoms with Crippen molar-refractivity contribution in [3.63, 3.8) is 0 Å². The lowest BCUT2D eigenvalue weighted by atomic mass is 10.0. The second-order valence-electron chi connectivity index (χ2n) is 8.30. The minimum absolute atomic E-state index is 0.0508. The number of benzene rings is 1. The molecule has 0 aliphatic heterocycles. The smallest absolute Gasteiger partial charge is 0.220 e. The first-order valence-electron chi connectivity index (χ1n) is 10.5. The molecule has 30 heavy (non-hydrogen) atoms. The molecule has 0 aliphatic carbocycles. The van der Waals surface area contributed by atoms with Gasteiger partial charge in [-0.3, -0.25) is 9.20 Å². The van der Waals surface area contributed by atoms with Gasteiger partial charge in [-0.25, -0.2) is 4.52 Å². The number of carbonyl (C=O) groups is 1. The third-order valence-electron chi connectivity index (χ3n) is 5.51. The molecule has 1 N–H and O–H groups in total. The highest BCUT2D eigenvalue weighted by molar-refractivity contribution is 5.77. The first-order chi connectivity index (χ1) is 14.4. The molecule has 0 radical (unpaired) electrons. The third-order valence-corrected chi connectivity index (χ3v) is 5.51. The van der Waals surface area contributed by atoms with Gasteiger partial charge in [0.1, 0.15) is 11.3 Å². The van der Waals surface area contributed by atoms with E-state index in [9.17, 15) is 4.79 Å². The first kappa shape index (κ1) is 20.1. The number of rotatable bonds is 7.